The van der Waals surface area contributed by atoms with Gasteiger partial charge in [0.2, 0.25) is 0 Å². The van der Waals surface area contributed by atoms with Gasteiger partial charge in [0.05, 0.1) is 17.1 Å². The Bertz CT molecular complexity index is 880. The van der Waals surface area contributed by atoms with Crippen LogP contribution >= 0.6 is 0 Å². The fourth-order valence-electron chi connectivity index (χ4n) is 2.68. The highest BCUT2D eigenvalue weighted by Gasteiger charge is 2.19. The number of non-ortho nitro benzene ring substituents is 1. The van der Waals surface area contributed by atoms with E-state index in [2.05, 4.69) is 5.32 Å². The highest BCUT2D eigenvalue weighted by Crippen LogP contribution is 2.19. The van der Waals surface area contributed by atoms with Crippen molar-refractivity contribution in [2.75, 3.05) is 20.7 Å². The van der Waals surface area contributed by atoms with Crippen LogP contribution < -0.4 is 5.32 Å². The molecule has 0 aliphatic carbocycles. The van der Waals surface area contributed by atoms with Crippen LogP contribution in [0.5, 0.6) is 0 Å². The lowest BCUT2D eigenvalue weighted by Crippen LogP contribution is -2.24. The first-order valence-electron chi connectivity index (χ1n) is 8.78. The predicted octanol–water partition coefficient (Wildman–Crippen LogP) is 2.76. The maximum absolute atomic E-state index is 12.6. The van der Waals surface area contributed by atoms with Crippen molar-refractivity contribution in [3.8, 4) is 0 Å². The molecule has 0 atom stereocenters. The summed E-state index contributed by atoms with van der Waals surface area (Å²) in [6.45, 7) is 2.75. The molecule has 148 valence electrons. The van der Waals surface area contributed by atoms with E-state index in [1.54, 1.807) is 6.92 Å². The predicted molar refractivity (Wildman–Crippen MR) is 104 cm³/mol. The molecular weight excluding hydrogens is 362 g/mol. The van der Waals surface area contributed by atoms with Gasteiger partial charge in [-0.15, -0.1) is 0 Å². The third-order valence-electron chi connectivity index (χ3n) is 3.95. The molecule has 0 aromatic heterocycles. The lowest BCUT2D eigenvalue weighted by Gasteiger charge is -2.14. The second kappa shape index (κ2) is 9.61. The van der Waals surface area contributed by atoms with E-state index in [0.29, 0.717) is 0 Å². The van der Waals surface area contributed by atoms with Crippen LogP contribution in [-0.2, 0) is 17.8 Å². The Balaban J connectivity index is 2.22. The second-order valence-corrected chi connectivity index (χ2v) is 6.44. The van der Waals surface area contributed by atoms with Crippen molar-refractivity contribution in [3.05, 3.63) is 74.8 Å². The molecule has 2 rings (SSSR count). The van der Waals surface area contributed by atoms with Crippen molar-refractivity contribution in [1.29, 1.82) is 0 Å². The summed E-state index contributed by atoms with van der Waals surface area (Å²) in [5.41, 5.74) is 1.67. The zero-order valence-corrected chi connectivity index (χ0v) is 16.1. The van der Waals surface area contributed by atoms with E-state index in [-0.39, 0.29) is 30.0 Å². The number of carbonyl (C=O) groups excluding carboxylic acids is 2. The summed E-state index contributed by atoms with van der Waals surface area (Å²) in [6, 6.07) is 11.2. The summed E-state index contributed by atoms with van der Waals surface area (Å²) in [7, 11) is 3.91. The van der Waals surface area contributed by atoms with Crippen LogP contribution in [0.25, 0.3) is 0 Å². The van der Waals surface area contributed by atoms with Gasteiger partial charge in [-0.1, -0.05) is 24.3 Å². The minimum Gasteiger partial charge on any atom is -0.462 e. The Kier molecular flexibility index (Phi) is 7.22. The topological polar surface area (TPSA) is 102 Å². The summed E-state index contributed by atoms with van der Waals surface area (Å²) in [6.07, 6.45) is 0. The number of esters is 1. The number of hydrogen-bond acceptors (Lipinski definition) is 6. The average molecular weight is 385 g/mol. The molecule has 2 aromatic carbocycles. The Labute approximate surface area is 163 Å². The SMILES string of the molecule is CCOC(=O)c1cc(C(=O)NCc2ccccc2CN(C)C)cc([N+](=O)[O-])c1. The highest BCUT2D eigenvalue weighted by molar-refractivity contribution is 5.99. The van der Waals surface area contributed by atoms with E-state index in [4.69, 9.17) is 4.74 Å². The van der Waals surface area contributed by atoms with Crippen molar-refractivity contribution < 1.29 is 19.2 Å². The summed E-state index contributed by atoms with van der Waals surface area (Å²) < 4.78 is 4.88. The quantitative estimate of drug-likeness (QED) is 0.426. The number of hydrogen-bond donors (Lipinski definition) is 1. The van der Waals surface area contributed by atoms with Crippen LogP contribution in [0.1, 0.15) is 38.8 Å². The minimum atomic E-state index is -0.712. The van der Waals surface area contributed by atoms with Gasteiger partial charge >= 0.3 is 5.97 Å². The average Bonchev–Trinajstić information content (AvgIpc) is 2.66. The zero-order chi connectivity index (χ0) is 20.7. The lowest BCUT2D eigenvalue weighted by molar-refractivity contribution is -0.384. The fraction of sp³-hybridized carbons (Fsp3) is 0.300. The normalized spacial score (nSPS) is 10.6. The molecule has 0 bridgehead atoms. The number of nitrogens with zero attached hydrogens (tertiary/aromatic N) is 2. The molecular formula is C20H23N3O5. The number of benzene rings is 2. The highest BCUT2D eigenvalue weighted by atomic mass is 16.6. The fourth-order valence-corrected chi connectivity index (χ4v) is 2.68. The maximum Gasteiger partial charge on any atom is 0.338 e. The molecule has 2 aromatic rings. The molecule has 0 unspecified atom stereocenters. The third-order valence-corrected chi connectivity index (χ3v) is 3.95. The van der Waals surface area contributed by atoms with Crippen molar-refractivity contribution in [1.82, 2.24) is 10.2 Å². The summed E-state index contributed by atoms with van der Waals surface area (Å²) in [4.78, 5) is 37.0. The van der Waals surface area contributed by atoms with E-state index in [1.165, 1.54) is 6.07 Å². The molecule has 0 saturated carbocycles. The number of amides is 1. The van der Waals surface area contributed by atoms with Gasteiger partial charge in [-0.3, -0.25) is 14.9 Å². The van der Waals surface area contributed by atoms with Crippen molar-refractivity contribution in [3.63, 3.8) is 0 Å². The lowest BCUT2D eigenvalue weighted by atomic mass is 10.1. The third kappa shape index (κ3) is 5.62. The van der Waals surface area contributed by atoms with E-state index >= 15 is 0 Å². The van der Waals surface area contributed by atoms with Gasteiger partial charge in [0.25, 0.3) is 11.6 Å². The van der Waals surface area contributed by atoms with Crippen molar-refractivity contribution in [2.24, 2.45) is 0 Å². The summed E-state index contributed by atoms with van der Waals surface area (Å²) in [5, 5.41) is 13.9. The monoisotopic (exact) mass is 385 g/mol. The Hall–Kier alpha value is -3.26. The number of nitro groups is 1. The van der Waals surface area contributed by atoms with E-state index in [0.717, 1.165) is 29.8 Å². The number of rotatable bonds is 8. The standard InChI is InChI=1S/C20H23N3O5/c1-4-28-20(25)17-9-16(10-18(11-17)23(26)27)19(24)21-12-14-7-5-6-8-15(14)13-22(2)3/h5-11H,4,12-13H2,1-3H3,(H,21,24). The molecule has 0 heterocycles. The zero-order valence-electron chi connectivity index (χ0n) is 16.1. The molecule has 0 spiro atoms. The van der Waals surface area contributed by atoms with Gasteiger partial charge < -0.3 is 15.0 Å². The Morgan fingerprint density at radius 3 is 2.36 bits per heavy atom. The summed E-state index contributed by atoms with van der Waals surface area (Å²) in [5.74, 6) is -1.22. The van der Waals surface area contributed by atoms with Crippen molar-refractivity contribution in [2.45, 2.75) is 20.0 Å². The van der Waals surface area contributed by atoms with Crippen LogP contribution in [0.3, 0.4) is 0 Å². The van der Waals surface area contributed by atoms with Gasteiger partial charge in [-0.25, -0.2) is 4.79 Å². The van der Waals surface area contributed by atoms with E-state index in [9.17, 15) is 19.7 Å². The first kappa shape index (κ1) is 21.0. The van der Waals surface area contributed by atoms with Gasteiger partial charge in [0, 0.05) is 30.8 Å². The molecule has 1 N–H and O–H groups in total. The smallest absolute Gasteiger partial charge is 0.338 e. The maximum atomic E-state index is 12.6. The molecule has 1 amide bonds. The van der Waals surface area contributed by atoms with E-state index < -0.39 is 16.8 Å². The molecule has 28 heavy (non-hydrogen) atoms. The first-order chi connectivity index (χ1) is 13.3. The van der Waals surface area contributed by atoms with Crippen LogP contribution in [0.2, 0.25) is 0 Å². The number of nitro benzene ring substituents is 1. The molecule has 0 radical (unpaired) electrons. The van der Waals surface area contributed by atoms with Crippen molar-refractivity contribution >= 4 is 17.6 Å². The number of nitrogens with one attached hydrogen (secondary N) is 1. The van der Waals surface area contributed by atoms with Crippen LogP contribution in [0, 0.1) is 10.1 Å². The Morgan fingerprint density at radius 1 is 1.11 bits per heavy atom. The van der Waals surface area contributed by atoms with Gasteiger partial charge in [-0.2, -0.15) is 0 Å². The molecule has 0 aliphatic heterocycles. The first-order valence-corrected chi connectivity index (χ1v) is 8.78. The second-order valence-electron chi connectivity index (χ2n) is 6.44. The molecule has 0 aliphatic rings. The van der Waals surface area contributed by atoms with Crippen LogP contribution in [0.15, 0.2) is 42.5 Å². The largest absolute Gasteiger partial charge is 0.462 e. The summed E-state index contributed by atoms with van der Waals surface area (Å²) >= 11 is 0. The number of ether oxygens (including phenoxy) is 1. The van der Waals surface area contributed by atoms with E-state index in [1.807, 2.05) is 43.3 Å². The molecule has 8 nitrogen and oxygen atoms in total. The van der Waals surface area contributed by atoms with Crippen LogP contribution in [0.4, 0.5) is 5.69 Å². The van der Waals surface area contributed by atoms with Gasteiger partial charge in [0.1, 0.15) is 0 Å². The molecule has 0 saturated heterocycles. The molecule has 0 fully saturated rings. The Morgan fingerprint density at radius 2 is 1.75 bits per heavy atom. The number of carbonyl (C=O) groups is 2. The van der Waals surface area contributed by atoms with Gasteiger partial charge in [0.15, 0.2) is 0 Å². The minimum absolute atomic E-state index is 0.0299. The molecule has 8 heteroatoms. The van der Waals surface area contributed by atoms with Crippen LogP contribution in [-0.4, -0.2) is 42.4 Å². The van der Waals surface area contributed by atoms with Gasteiger partial charge in [-0.05, 0) is 38.2 Å².